The summed E-state index contributed by atoms with van der Waals surface area (Å²) in [5.41, 5.74) is 2.23. The number of nitrogens with zero attached hydrogens (tertiary/aromatic N) is 7. The fourth-order valence-electron chi connectivity index (χ4n) is 7.97. The first-order valence-electron chi connectivity index (χ1n) is 16.9. The highest BCUT2D eigenvalue weighted by atomic mass is 35.5. The Kier molecular flexibility index (Phi) is 8.70. The van der Waals surface area contributed by atoms with E-state index in [1.165, 1.54) is 42.1 Å². The first-order valence-corrected chi connectivity index (χ1v) is 19.2. The number of sulfonamides is 1. The second kappa shape index (κ2) is 13.1. The largest absolute Gasteiger partial charge is 0.368 e. The predicted molar refractivity (Wildman–Crippen MR) is 193 cm³/mol. The first-order chi connectivity index (χ1) is 26.8. The number of aryl methyl sites for hydroxylation is 1. The lowest BCUT2D eigenvalue weighted by Crippen LogP contribution is -2.39. The Labute approximate surface area is 322 Å². The maximum Gasteiger partial charge on any atom is 0.293 e. The maximum absolute atomic E-state index is 16.1. The Balaban J connectivity index is 1.50. The SMILES string of the molecule is Cn1nc(NS(C)(=O)=O)c2c(Cl)ccc(-n3c([C@@H](Cc4cc(F)cc(F)c4)C(C(N)=O)n4nc(C(F)F)c5c4C(F)(F)[C@@H]4C[C@H]54)nc4cc(C#N)ccc4c3=O)c21. The topological polar surface area (TPSA) is 184 Å². The van der Waals surface area contributed by atoms with Crippen molar-refractivity contribution in [2.24, 2.45) is 18.7 Å². The van der Waals surface area contributed by atoms with Crippen molar-refractivity contribution >= 4 is 55.2 Å². The van der Waals surface area contributed by atoms with Crippen LogP contribution in [0.5, 0.6) is 0 Å². The van der Waals surface area contributed by atoms with Crippen LogP contribution in [0.4, 0.5) is 32.2 Å². The molecule has 1 unspecified atom stereocenters. The van der Waals surface area contributed by atoms with E-state index in [9.17, 15) is 40.8 Å². The van der Waals surface area contributed by atoms with Gasteiger partial charge in [0.25, 0.3) is 17.9 Å². The van der Waals surface area contributed by atoms with E-state index in [1.54, 1.807) is 0 Å². The number of halogens is 7. The Morgan fingerprint density at radius 3 is 2.46 bits per heavy atom. The molecule has 8 rings (SSSR count). The van der Waals surface area contributed by atoms with Crippen molar-refractivity contribution in [3.05, 3.63) is 109 Å². The summed E-state index contributed by atoms with van der Waals surface area (Å²) in [6.07, 6.45) is -3.29. The molecule has 3 heterocycles. The molecule has 4 atom stereocenters. The van der Waals surface area contributed by atoms with Gasteiger partial charge in [-0.3, -0.25) is 23.6 Å². The third-order valence-electron chi connectivity index (χ3n) is 10.2. The molecule has 0 radical (unpaired) electrons. The van der Waals surface area contributed by atoms with Crippen molar-refractivity contribution in [2.45, 2.75) is 43.1 Å². The zero-order chi connectivity index (χ0) is 41.0. The highest BCUT2D eigenvalue weighted by Crippen LogP contribution is 2.68. The maximum atomic E-state index is 16.1. The van der Waals surface area contributed by atoms with Gasteiger partial charge in [-0.25, -0.2) is 35.6 Å². The minimum atomic E-state index is -3.96. The van der Waals surface area contributed by atoms with Crippen LogP contribution in [-0.2, 0) is 34.2 Å². The lowest BCUT2D eigenvalue weighted by Gasteiger charge is -2.30. The standard InChI is InChI=1S/C36H26ClF6N9O4S/c1-50-29-24(6-5-22(37)26(29)33(48-50)49-57(2,55)56)51-34(46-23-10-14(13-44)3-4-18(23)35(51)54)20(9-15-7-16(38)11-17(39)8-15)28(32(45)53)52-30-25(27(47-52)31(40)41)19-12-21(19)36(30,42)43/h3-8,10-11,19-21,28,31H,9,12H2,1-2H3,(H2,45,53)(H,48,49)/t19-,20-,21+,28?/m0/s1. The van der Waals surface area contributed by atoms with Gasteiger partial charge in [0.15, 0.2) is 5.82 Å². The average Bonchev–Trinajstić information content (AvgIpc) is 3.65. The van der Waals surface area contributed by atoms with Crippen LogP contribution in [0, 0.1) is 28.9 Å². The van der Waals surface area contributed by atoms with Crippen LogP contribution in [0.1, 0.15) is 64.6 Å². The minimum absolute atomic E-state index is 0.00422. The average molecular weight is 830 g/mol. The second-order valence-corrected chi connectivity index (χ2v) is 16.1. The quantitative estimate of drug-likeness (QED) is 0.161. The number of carbonyl (C=O) groups excluding carboxylic acids is 1. The normalized spacial score (nSPS) is 18.1. The van der Waals surface area contributed by atoms with Crippen LogP contribution < -0.4 is 16.0 Å². The molecular formula is C36H26ClF6N9O4S. The molecule has 3 aromatic heterocycles. The first kappa shape index (κ1) is 38.0. The summed E-state index contributed by atoms with van der Waals surface area (Å²) in [4.78, 5) is 33.3. The molecule has 2 aliphatic rings. The van der Waals surface area contributed by atoms with Crippen molar-refractivity contribution in [1.82, 2.24) is 29.1 Å². The number of hydrogen-bond acceptors (Lipinski definition) is 8. The summed E-state index contributed by atoms with van der Waals surface area (Å²) in [6.45, 7) is 0. The van der Waals surface area contributed by atoms with E-state index in [-0.39, 0.29) is 55.9 Å². The van der Waals surface area contributed by atoms with Gasteiger partial charge in [-0.1, -0.05) is 11.6 Å². The van der Waals surface area contributed by atoms with E-state index in [0.29, 0.717) is 10.7 Å². The van der Waals surface area contributed by atoms with Crippen molar-refractivity contribution < 1.29 is 39.6 Å². The Hall–Kier alpha value is -5.94. The van der Waals surface area contributed by atoms with Gasteiger partial charge in [-0.05, 0) is 66.8 Å². The van der Waals surface area contributed by atoms with E-state index in [2.05, 4.69) is 19.9 Å². The van der Waals surface area contributed by atoms with Crippen molar-refractivity contribution in [1.29, 1.82) is 5.26 Å². The fourth-order valence-corrected chi connectivity index (χ4v) is 8.71. The molecule has 3 N–H and O–H groups in total. The van der Waals surface area contributed by atoms with Crippen LogP contribution in [0.15, 0.2) is 53.3 Å². The van der Waals surface area contributed by atoms with Crippen molar-refractivity contribution in [3.63, 3.8) is 0 Å². The van der Waals surface area contributed by atoms with Gasteiger partial charge < -0.3 is 5.73 Å². The van der Waals surface area contributed by atoms with E-state index in [1.807, 2.05) is 6.07 Å². The van der Waals surface area contributed by atoms with E-state index >= 15 is 8.78 Å². The molecule has 0 saturated heterocycles. The van der Waals surface area contributed by atoms with Gasteiger partial charge in [-0.15, -0.1) is 0 Å². The van der Waals surface area contributed by atoms with Crippen molar-refractivity contribution in [3.8, 4) is 11.8 Å². The summed E-state index contributed by atoms with van der Waals surface area (Å²) >= 11 is 6.57. The molecule has 1 saturated carbocycles. The number of hydrogen-bond donors (Lipinski definition) is 2. The molecule has 294 valence electrons. The van der Waals surface area contributed by atoms with Crippen LogP contribution in [0.2, 0.25) is 5.02 Å². The zero-order valence-corrected chi connectivity index (χ0v) is 30.9. The summed E-state index contributed by atoms with van der Waals surface area (Å²) in [5, 5.41) is 17.6. The fraction of sp³-hybridized carbons (Fsp3) is 0.278. The molecule has 21 heteroatoms. The number of fused-ring (bicyclic) bond motifs is 5. The molecule has 2 aliphatic carbocycles. The molecule has 13 nitrogen and oxygen atoms in total. The zero-order valence-electron chi connectivity index (χ0n) is 29.3. The number of anilines is 1. The number of rotatable bonds is 10. The van der Waals surface area contributed by atoms with Crippen LogP contribution in [0.3, 0.4) is 0 Å². The molecule has 6 aromatic rings. The summed E-state index contributed by atoms with van der Waals surface area (Å²) in [6, 6.07) is 8.46. The van der Waals surface area contributed by atoms with Crippen molar-refractivity contribution in [2.75, 3.05) is 11.0 Å². The third kappa shape index (κ3) is 6.16. The summed E-state index contributed by atoms with van der Waals surface area (Å²) in [7, 11) is -2.57. The second-order valence-electron chi connectivity index (χ2n) is 14.0. The van der Waals surface area contributed by atoms with E-state index in [0.717, 1.165) is 23.0 Å². The number of nitrogens with two attached hydrogens (primary N) is 1. The van der Waals surface area contributed by atoms with Gasteiger partial charge in [0.2, 0.25) is 15.9 Å². The summed E-state index contributed by atoms with van der Waals surface area (Å²) < 4.78 is 120. The summed E-state index contributed by atoms with van der Waals surface area (Å²) in [5.74, 6) is -12.2. The highest BCUT2D eigenvalue weighted by molar-refractivity contribution is 7.92. The van der Waals surface area contributed by atoms with E-state index < -0.39 is 98.5 Å². The van der Waals surface area contributed by atoms with Gasteiger partial charge >= 0.3 is 0 Å². The molecule has 0 bridgehead atoms. The number of benzene rings is 3. The monoisotopic (exact) mass is 829 g/mol. The van der Waals surface area contributed by atoms with Gasteiger partial charge in [-0.2, -0.15) is 24.2 Å². The number of alkyl halides is 4. The van der Waals surface area contributed by atoms with Crippen LogP contribution in [0.25, 0.3) is 27.5 Å². The smallest absolute Gasteiger partial charge is 0.293 e. The number of nitrogens with one attached hydrogen (secondary N) is 1. The lowest BCUT2D eigenvalue weighted by atomic mass is 9.89. The number of aromatic nitrogens is 6. The third-order valence-corrected chi connectivity index (χ3v) is 11.1. The van der Waals surface area contributed by atoms with Gasteiger partial charge in [0.1, 0.15) is 34.9 Å². The Morgan fingerprint density at radius 1 is 1.12 bits per heavy atom. The molecule has 1 fully saturated rings. The van der Waals surface area contributed by atoms with E-state index in [4.69, 9.17) is 17.3 Å². The van der Waals surface area contributed by atoms with Crippen LogP contribution >= 0.6 is 11.6 Å². The number of carbonyl (C=O) groups is 1. The van der Waals surface area contributed by atoms with Gasteiger partial charge in [0, 0.05) is 24.6 Å². The Bertz CT molecular complexity index is 2920. The number of nitriles is 1. The molecule has 0 aliphatic heterocycles. The van der Waals surface area contributed by atoms with Crippen LogP contribution in [-0.4, -0.2) is 49.7 Å². The Morgan fingerprint density at radius 2 is 1.82 bits per heavy atom. The molecule has 3 aromatic carbocycles. The molecular weight excluding hydrogens is 804 g/mol. The molecule has 1 amide bonds. The minimum Gasteiger partial charge on any atom is -0.368 e. The lowest BCUT2D eigenvalue weighted by molar-refractivity contribution is -0.122. The number of primary amides is 1. The number of amides is 1. The highest BCUT2D eigenvalue weighted by Gasteiger charge is 2.67. The molecule has 57 heavy (non-hydrogen) atoms. The molecule has 0 spiro atoms. The predicted octanol–water partition coefficient (Wildman–Crippen LogP) is 5.84. The van der Waals surface area contributed by atoms with Gasteiger partial charge in [0.05, 0.1) is 56.3 Å².